The zero-order chi connectivity index (χ0) is 11.3. The van der Waals surface area contributed by atoms with Gasteiger partial charge in [0.15, 0.2) is 0 Å². The fraction of sp³-hybridized carbons (Fsp3) is 0.333. The molecule has 0 atom stereocenters. The maximum atomic E-state index is 11.2. The minimum Gasteiger partial charge on any atom is -0.478 e. The fourth-order valence-corrected chi connectivity index (χ4v) is 2.21. The van der Waals surface area contributed by atoms with Crippen molar-refractivity contribution in [2.45, 2.75) is 25.2 Å². The molecule has 1 aliphatic heterocycles. The summed E-state index contributed by atoms with van der Waals surface area (Å²) in [4.78, 5) is 22.3. The van der Waals surface area contributed by atoms with Gasteiger partial charge in [-0.25, -0.2) is 4.79 Å². The summed E-state index contributed by atoms with van der Waals surface area (Å²) < 4.78 is 0. The van der Waals surface area contributed by atoms with E-state index < -0.39 is 5.97 Å². The Kier molecular flexibility index (Phi) is 1.80. The predicted octanol–water partition coefficient (Wildman–Crippen LogP) is 1.76. The number of fused-ring (bicyclic) bond motifs is 1. The van der Waals surface area contributed by atoms with Crippen molar-refractivity contribution in [2.75, 3.05) is 5.32 Å². The molecule has 1 aromatic carbocycles. The number of amides is 1. The molecule has 0 saturated heterocycles. The van der Waals surface area contributed by atoms with Crippen LogP contribution in [0.1, 0.15) is 40.2 Å². The van der Waals surface area contributed by atoms with Crippen molar-refractivity contribution in [2.24, 2.45) is 0 Å². The molecule has 1 aromatic rings. The highest BCUT2D eigenvalue weighted by Crippen LogP contribution is 2.44. The topological polar surface area (TPSA) is 66.4 Å². The Balaban J connectivity index is 2.13. The van der Waals surface area contributed by atoms with Crippen molar-refractivity contribution in [3.05, 3.63) is 28.8 Å². The van der Waals surface area contributed by atoms with Gasteiger partial charge in [-0.2, -0.15) is 0 Å². The lowest BCUT2D eigenvalue weighted by atomic mass is 9.99. The van der Waals surface area contributed by atoms with Crippen LogP contribution in [0.2, 0.25) is 0 Å². The molecule has 4 nitrogen and oxygen atoms in total. The maximum Gasteiger partial charge on any atom is 0.335 e. The van der Waals surface area contributed by atoms with E-state index in [0.29, 0.717) is 17.9 Å². The maximum absolute atomic E-state index is 11.2. The Morgan fingerprint density at radius 2 is 2.12 bits per heavy atom. The number of hydrogen-bond donors (Lipinski definition) is 2. The third-order valence-corrected chi connectivity index (χ3v) is 3.15. The molecule has 0 radical (unpaired) electrons. The number of anilines is 1. The monoisotopic (exact) mass is 217 g/mol. The first kappa shape index (κ1) is 9.39. The van der Waals surface area contributed by atoms with E-state index in [1.165, 1.54) is 0 Å². The van der Waals surface area contributed by atoms with Crippen LogP contribution in [0.25, 0.3) is 0 Å². The molecule has 2 aliphatic rings. The lowest BCUT2D eigenvalue weighted by Crippen LogP contribution is -2.04. The first-order chi connectivity index (χ1) is 7.65. The Morgan fingerprint density at radius 1 is 1.38 bits per heavy atom. The van der Waals surface area contributed by atoms with Crippen LogP contribution in [0, 0.1) is 0 Å². The van der Waals surface area contributed by atoms with Crippen LogP contribution in [0.5, 0.6) is 0 Å². The van der Waals surface area contributed by atoms with Crippen LogP contribution < -0.4 is 5.32 Å². The van der Waals surface area contributed by atoms with E-state index in [-0.39, 0.29) is 5.91 Å². The second-order valence-electron chi connectivity index (χ2n) is 4.40. The number of carboxylic acid groups (broad SMARTS) is 1. The Morgan fingerprint density at radius 3 is 2.75 bits per heavy atom. The van der Waals surface area contributed by atoms with Crippen LogP contribution in [0.15, 0.2) is 12.1 Å². The van der Waals surface area contributed by atoms with E-state index in [1.54, 1.807) is 6.07 Å². The average Bonchev–Trinajstić information content (AvgIpc) is 2.98. The van der Waals surface area contributed by atoms with Gasteiger partial charge in [0.25, 0.3) is 0 Å². The zero-order valence-electron chi connectivity index (χ0n) is 8.62. The molecule has 1 heterocycles. The Labute approximate surface area is 92.3 Å². The average molecular weight is 217 g/mol. The van der Waals surface area contributed by atoms with Crippen molar-refractivity contribution in [1.29, 1.82) is 0 Å². The number of hydrogen-bond acceptors (Lipinski definition) is 2. The van der Waals surface area contributed by atoms with Gasteiger partial charge in [0.1, 0.15) is 0 Å². The van der Waals surface area contributed by atoms with E-state index >= 15 is 0 Å². The molecule has 1 amide bonds. The van der Waals surface area contributed by atoms with Crippen LogP contribution in [-0.4, -0.2) is 17.0 Å². The third-order valence-electron chi connectivity index (χ3n) is 3.15. The second-order valence-corrected chi connectivity index (χ2v) is 4.40. The van der Waals surface area contributed by atoms with Crippen molar-refractivity contribution >= 4 is 17.6 Å². The number of carbonyl (C=O) groups excluding carboxylic acids is 1. The summed E-state index contributed by atoms with van der Waals surface area (Å²) >= 11 is 0. The SMILES string of the molecule is O=C1Cc2cc(C(=O)O)c(C3CC3)cc2N1. The minimum atomic E-state index is -0.899. The highest BCUT2D eigenvalue weighted by molar-refractivity contribution is 6.01. The molecular formula is C12H11NO3. The van der Waals surface area contributed by atoms with Gasteiger partial charge in [-0.3, -0.25) is 4.79 Å². The first-order valence-corrected chi connectivity index (χ1v) is 5.35. The van der Waals surface area contributed by atoms with Gasteiger partial charge in [0, 0.05) is 5.69 Å². The molecule has 0 aromatic heterocycles. The largest absolute Gasteiger partial charge is 0.478 e. The molecule has 1 fully saturated rings. The predicted molar refractivity (Wildman–Crippen MR) is 57.7 cm³/mol. The smallest absolute Gasteiger partial charge is 0.335 e. The number of benzene rings is 1. The number of aromatic carboxylic acids is 1. The summed E-state index contributed by atoms with van der Waals surface area (Å²) in [5.74, 6) is -0.586. The van der Waals surface area contributed by atoms with Gasteiger partial charge in [-0.05, 0) is 42.0 Å². The van der Waals surface area contributed by atoms with Crippen LogP contribution in [0.3, 0.4) is 0 Å². The van der Waals surface area contributed by atoms with Gasteiger partial charge < -0.3 is 10.4 Å². The molecule has 2 N–H and O–H groups in total. The lowest BCUT2D eigenvalue weighted by Gasteiger charge is -2.07. The van der Waals surface area contributed by atoms with E-state index in [9.17, 15) is 9.59 Å². The second kappa shape index (κ2) is 3.07. The summed E-state index contributed by atoms with van der Waals surface area (Å²) in [6.07, 6.45) is 2.39. The molecule has 4 heteroatoms. The molecular weight excluding hydrogens is 206 g/mol. The number of carbonyl (C=O) groups is 2. The molecule has 0 spiro atoms. The van der Waals surface area contributed by atoms with Crippen molar-refractivity contribution in [3.8, 4) is 0 Å². The van der Waals surface area contributed by atoms with Gasteiger partial charge >= 0.3 is 5.97 Å². The number of nitrogens with one attached hydrogen (secondary N) is 1. The van der Waals surface area contributed by atoms with Gasteiger partial charge in [0.2, 0.25) is 5.91 Å². The van der Waals surface area contributed by atoms with E-state index in [2.05, 4.69) is 5.32 Å². The van der Waals surface area contributed by atoms with Crippen LogP contribution in [-0.2, 0) is 11.2 Å². The zero-order valence-corrected chi connectivity index (χ0v) is 8.62. The van der Waals surface area contributed by atoms with Gasteiger partial charge in [-0.15, -0.1) is 0 Å². The van der Waals surface area contributed by atoms with Crippen molar-refractivity contribution < 1.29 is 14.7 Å². The summed E-state index contributed by atoms with van der Waals surface area (Å²) in [5.41, 5.74) is 2.81. The quantitative estimate of drug-likeness (QED) is 0.793. The normalized spacial score (nSPS) is 18.1. The highest BCUT2D eigenvalue weighted by atomic mass is 16.4. The fourth-order valence-electron chi connectivity index (χ4n) is 2.21. The van der Waals surface area contributed by atoms with Crippen LogP contribution in [0.4, 0.5) is 5.69 Å². The third kappa shape index (κ3) is 1.38. The first-order valence-electron chi connectivity index (χ1n) is 5.35. The summed E-state index contributed by atoms with van der Waals surface area (Å²) in [7, 11) is 0. The summed E-state index contributed by atoms with van der Waals surface area (Å²) in [6, 6.07) is 3.48. The number of rotatable bonds is 2. The molecule has 0 unspecified atom stereocenters. The highest BCUT2D eigenvalue weighted by Gasteiger charge is 2.31. The molecule has 1 saturated carbocycles. The molecule has 1 aliphatic carbocycles. The Bertz CT molecular complexity index is 503. The summed E-state index contributed by atoms with van der Waals surface area (Å²) in [6.45, 7) is 0. The number of carboxylic acids is 1. The standard InChI is InChI=1S/C12H11NO3/c14-11-4-7-3-9(12(15)16)8(6-1-2-6)5-10(7)13-11/h3,5-6H,1-2,4H2,(H,13,14)(H,15,16). The molecule has 0 bridgehead atoms. The van der Waals surface area contributed by atoms with E-state index in [4.69, 9.17) is 5.11 Å². The van der Waals surface area contributed by atoms with Crippen molar-refractivity contribution in [3.63, 3.8) is 0 Å². The molecule has 16 heavy (non-hydrogen) atoms. The summed E-state index contributed by atoms with van der Waals surface area (Å²) in [5, 5.41) is 11.9. The minimum absolute atomic E-state index is 0.0562. The molecule has 82 valence electrons. The lowest BCUT2D eigenvalue weighted by molar-refractivity contribution is -0.115. The van der Waals surface area contributed by atoms with E-state index in [0.717, 1.165) is 29.7 Å². The van der Waals surface area contributed by atoms with Gasteiger partial charge in [-0.1, -0.05) is 0 Å². The Hall–Kier alpha value is -1.84. The van der Waals surface area contributed by atoms with Gasteiger partial charge in [0.05, 0.1) is 12.0 Å². The van der Waals surface area contributed by atoms with Crippen LogP contribution >= 0.6 is 0 Å². The van der Waals surface area contributed by atoms with E-state index in [1.807, 2.05) is 6.07 Å². The van der Waals surface area contributed by atoms with Crippen molar-refractivity contribution in [1.82, 2.24) is 0 Å². The molecule has 3 rings (SSSR count).